The van der Waals surface area contributed by atoms with Gasteiger partial charge >= 0.3 is 0 Å². The van der Waals surface area contributed by atoms with Crippen molar-refractivity contribution in [2.45, 2.75) is 33.4 Å². The zero-order valence-electron chi connectivity index (χ0n) is 12.1. The maximum atomic E-state index is 11.6. The third-order valence-corrected chi connectivity index (χ3v) is 3.16. The number of H-pyrrole nitrogens is 1. The van der Waals surface area contributed by atoms with Gasteiger partial charge in [-0.1, -0.05) is 18.2 Å². The van der Waals surface area contributed by atoms with Crippen LogP contribution in [-0.2, 0) is 6.54 Å². The highest BCUT2D eigenvalue weighted by atomic mass is 16.1. The third-order valence-electron chi connectivity index (χ3n) is 3.16. The summed E-state index contributed by atoms with van der Waals surface area (Å²) in [4.78, 5) is 20.7. The van der Waals surface area contributed by atoms with E-state index < -0.39 is 0 Å². The molecule has 1 aromatic heterocycles. The van der Waals surface area contributed by atoms with Crippen molar-refractivity contribution in [3.8, 4) is 0 Å². The molecule has 0 saturated carbocycles. The monoisotopic (exact) mass is 272 g/mol. The van der Waals surface area contributed by atoms with Crippen LogP contribution in [0.15, 0.2) is 35.1 Å². The first-order valence-corrected chi connectivity index (χ1v) is 6.65. The molecule has 106 valence electrons. The van der Waals surface area contributed by atoms with Gasteiger partial charge in [0.2, 0.25) is 0 Å². The number of rotatable bonds is 4. The van der Waals surface area contributed by atoms with E-state index in [1.54, 1.807) is 6.92 Å². The number of para-hydroxylation sites is 1. The third kappa shape index (κ3) is 3.17. The van der Waals surface area contributed by atoms with Crippen LogP contribution in [0.1, 0.15) is 25.2 Å². The Morgan fingerprint density at radius 2 is 2.05 bits per heavy atom. The number of hydrogen-bond donors (Lipinski definition) is 2. The second-order valence-corrected chi connectivity index (χ2v) is 5.11. The topological polar surface area (TPSA) is 75.0 Å². The zero-order valence-corrected chi connectivity index (χ0v) is 12.1. The lowest BCUT2D eigenvalue weighted by Gasteiger charge is -2.28. The Bertz CT molecular complexity index is 648. The molecule has 0 atom stereocenters. The average molecular weight is 272 g/mol. The first-order valence-electron chi connectivity index (χ1n) is 6.65. The second-order valence-electron chi connectivity index (χ2n) is 5.11. The van der Waals surface area contributed by atoms with Gasteiger partial charge in [0.05, 0.1) is 0 Å². The van der Waals surface area contributed by atoms with Gasteiger partial charge in [-0.15, -0.1) is 0 Å². The van der Waals surface area contributed by atoms with E-state index in [0.29, 0.717) is 18.2 Å². The Hall–Kier alpha value is -2.30. The second kappa shape index (κ2) is 5.77. The molecule has 0 aliphatic rings. The lowest BCUT2D eigenvalue weighted by atomic mass is 10.1. The van der Waals surface area contributed by atoms with Crippen molar-refractivity contribution in [2.75, 3.05) is 10.6 Å². The van der Waals surface area contributed by atoms with Gasteiger partial charge in [-0.2, -0.15) is 0 Å². The van der Waals surface area contributed by atoms with Crippen LogP contribution >= 0.6 is 0 Å². The number of hydrogen-bond acceptors (Lipinski definition) is 4. The van der Waals surface area contributed by atoms with Gasteiger partial charge in [0.15, 0.2) is 0 Å². The Morgan fingerprint density at radius 1 is 1.35 bits per heavy atom. The van der Waals surface area contributed by atoms with Crippen LogP contribution in [0.5, 0.6) is 0 Å². The summed E-state index contributed by atoms with van der Waals surface area (Å²) >= 11 is 0. The fourth-order valence-corrected chi connectivity index (χ4v) is 2.10. The van der Waals surface area contributed by atoms with Crippen LogP contribution in [0.4, 0.5) is 11.5 Å². The number of nitrogen functional groups attached to an aromatic ring is 1. The SMILES string of the molecule is Cc1nc(N(Cc2ccccc2N)C(C)C)cc(=O)[nH]1. The maximum Gasteiger partial charge on any atom is 0.252 e. The number of aryl methyl sites for hydroxylation is 1. The molecule has 20 heavy (non-hydrogen) atoms. The molecule has 2 aromatic rings. The summed E-state index contributed by atoms with van der Waals surface area (Å²) in [5.41, 5.74) is 7.63. The summed E-state index contributed by atoms with van der Waals surface area (Å²) < 4.78 is 0. The molecule has 5 nitrogen and oxygen atoms in total. The van der Waals surface area contributed by atoms with Crippen molar-refractivity contribution in [1.29, 1.82) is 0 Å². The molecule has 1 aromatic carbocycles. The van der Waals surface area contributed by atoms with Crippen LogP contribution in [0, 0.1) is 6.92 Å². The standard InChI is InChI=1S/C15H20N4O/c1-10(2)19(9-12-6-4-5-7-13(12)16)14-8-15(20)18-11(3)17-14/h4-8,10H,9,16H2,1-3H3,(H,17,18,20). The molecule has 0 amide bonds. The summed E-state index contributed by atoms with van der Waals surface area (Å²) in [5.74, 6) is 1.28. The summed E-state index contributed by atoms with van der Waals surface area (Å²) in [6, 6.07) is 9.47. The van der Waals surface area contributed by atoms with E-state index in [1.165, 1.54) is 6.07 Å². The van der Waals surface area contributed by atoms with Gasteiger partial charge < -0.3 is 15.6 Å². The lowest BCUT2D eigenvalue weighted by Crippen LogP contribution is -2.32. The van der Waals surface area contributed by atoms with E-state index in [0.717, 1.165) is 11.3 Å². The first-order chi connectivity index (χ1) is 9.47. The van der Waals surface area contributed by atoms with Gasteiger partial charge in [-0.25, -0.2) is 4.98 Å². The predicted octanol–water partition coefficient (Wildman–Crippen LogP) is 2.08. The fraction of sp³-hybridized carbons (Fsp3) is 0.333. The Kier molecular flexibility index (Phi) is 4.08. The van der Waals surface area contributed by atoms with E-state index in [-0.39, 0.29) is 11.6 Å². The molecule has 5 heteroatoms. The Labute approximate surface area is 118 Å². The maximum absolute atomic E-state index is 11.6. The normalized spacial score (nSPS) is 10.8. The summed E-state index contributed by atoms with van der Waals surface area (Å²) in [5, 5.41) is 0. The number of aromatic amines is 1. The van der Waals surface area contributed by atoms with E-state index in [9.17, 15) is 4.79 Å². The average Bonchev–Trinajstić information content (AvgIpc) is 2.36. The number of nitrogens with one attached hydrogen (secondary N) is 1. The molecule has 3 N–H and O–H groups in total. The number of anilines is 2. The van der Waals surface area contributed by atoms with Crippen molar-refractivity contribution in [3.05, 3.63) is 52.1 Å². The molecule has 0 aliphatic carbocycles. The van der Waals surface area contributed by atoms with Crippen LogP contribution in [0.25, 0.3) is 0 Å². The number of nitrogens with zero attached hydrogens (tertiary/aromatic N) is 2. The van der Waals surface area contributed by atoms with Crippen LogP contribution in [0.2, 0.25) is 0 Å². The van der Waals surface area contributed by atoms with Crippen molar-refractivity contribution in [2.24, 2.45) is 0 Å². The van der Waals surface area contributed by atoms with Gasteiger partial charge in [0.25, 0.3) is 5.56 Å². The van der Waals surface area contributed by atoms with E-state index in [1.807, 2.05) is 24.3 Å². The molecule has 0 saturated heterocycles. The fourth-order valence-electron chi connectivity index (χ4n) is 2.10. The Balaban J connectivity index is 2.37. The molecule has 0 fully saturated rings. The van der Waals surface area contributed by atoms with Crippen molar-refractivity contribution in [3.63, 3.8) is 0 Å². The van der Waals surface area contributed by atoms with Crippen molar-refractivity contribution < 1.29 is 0 Å². The highest BCUT2D eigenvalue weighted by molar-refractivity contribution is 5.50. The van der Waals surface area contributed by atoms with E-state index in [4.69, 9.17) is 5.73 Å². The van der Waals surface area contributed by atoms with Crippen LogP contribution in [0.3, 0.4) is 0 Å². The molecule has 2 rings (SSSR count). The minimum absolute atomic E-state index is 0.140. The highest BCUT2D eigenvalue weighted by Crippen LogP contribution is 2.19. The number of nitrogens with two attached hydrogens (primary N) is 1. The van der Waals surface area contributed by atoms with Crippen LogP contribution < -0.4 is 16.2 Å². The van der Waals surface area contributed by atoms with Gasteiger partial charge in [-0.3, -0.25) is 4.79 Å². The minimum Gasteiger partial charge on any atom is -0.398 e. The molecular weight excluding hydrogens is 252 g/mol. The quantitative estimate of drug-likeness (QED) is 0.836. The molecule has 0 radical (unpaired) electrons. The van der Waals surface area contributed by atoms with Crippen LogP contribution in [-0.4, -0.2) is 16.0 Å². The number of benzene rings is 1. The summed E-state index contributed by atoms with van der Waals surface area (Å²) in [6.07, 6.45) is 0. The summed E-state index contributed by atoms with van der Waals surface area (Å²) in [7, 11) is 0. The molecule has 0 unspecified atom stereocenters. The zero-order chi connectivity index (χ0) is 14.7. The Morgan fingerprint density at radius 3 is 2.65 bits per heavy atom. The number of aromatic nitrogens is 2. The van der Waals surface area contributed by atoms with E-state index in [2.05, 4.69) is 28.7 Å². The van der Waals surface area contributed by atoms with Gasteiger partial charge in [0.1, 0.15) is 11.6 Å². The van der Waals surface area contributed by atoms with Gasteiger partial charge in [-0.05, 0) is 32.4 Å². The molecule has 0 aliphatic heterocycles. The smallest absolute Gasteiger partial charge is 0.252 e. The minimum atomic E-state index is -0.140. The lowest BCUT2D eigenvalue weighted by molar-refractivity contribution is 0.669. The molecule has 0 bridgehead atoms. The van der Waals surface area contributed by atoms with Crippen molar-refractivity contribution >= 4 is 11.5 Å². The molecule has 1 heterocycles. The molecular formula is C15H20N4O. The first kappa shape index (κ1) is 14.1. The largest absolute Gasteiger partial charge is 0.398 e. The predicted molar refractivity (Wildman–Crippen MR) is 81.8 cm³/mol. The molecule has 0 spiro atoms. The van der Waals surface area contributed by atoms with E-state index >= 15 is 0 Å². The highest BCUT2D eigenvalue weighted by Gasteiger charge is 2.14. The summed E-state index contributed by atoms with van der Waals surface area (Å²) in [6.45, 7) is 6.54. The van der Waals surface area contributed by atoms with Crippen molar-refractivity contribution in [1.82, 2.24) is 9.97 Å². The van der Waals surface area contributed by atoms with Gasteiger partial charge in [0, 0.05) is 24.3 Å².